The predicted octanol–water partition coefficient (Wildman–Crippen LogP) is 5.81. The van der Waals surface area contributed by atoms with Crippen LogP contribution in [0.5, 0.6) is 0 Å². The predicted molar refractivity (Wildman–Crippen MR) is 80.3 cm³/mol. The summed E-state index contributed by atoms with van der Waals surface area (Å²) in [6.07, 6.45) is 4.76. The zero-order valence-corrected chi connectivity index (χ0v) is 12.4. The topological polar surface area (TPSA) is 0 Å². The molecule has 0 aromatic heterocycles. The van der Waals surface area contributed by atoms with Crippen LogP contribution in [0.2, 0.25) is 5.02 Å². The van der Waals surface area contributed by atoms with E-state index in [-0.39, 0.29) is 0 Å². The van der Waals surface area contributed by atoms with Crippen molar-refractivity contribution in [2.45, 2.75) is 46.5 Å². The summed E-state index contributed by atoms with van der Waals surface area (Å²) in [6.45, 7) is 8.82. The number of aryl methyl sites for hydroxylation is 1. The van der Waals surface area contributed by atoms with Gasteiger partial charge in [0.05, 0.1) is 0 Å². The molecule has 1 aliphatic rings. The van der Waals surface area contributed by atoms with E-state index in [0.29, 0.717) is 5.92 Å². The smallest absolute Gasteiger partial charge is 0.0435 e. The van der Waals surface area contributed by atoms with E-state index >= 15 is 0 Å². The van der Waals surface area contributed by atoms with E-state index in [1.165, 1.54) is 35.1 Å². The normalized spacial score (nSPS) is 17.7. The molecule has 1 heteroatoms. The summed E-state index contributed by atoms with van der Waals surface area (Å²) in [6, 6.07) is 6.38. The Morgan fingerprint density at radius 3 is 2.44 bits per heavy atom. The molecule has 18 heavy (non-hydrogen) atoms. The zero-order chi connectivity index (χ0) is 13.3. The van der Waals surface area contributed by atoms with Crippen LogP contribution in [-0.4, -0.2) is 0 Å². The molecule has 0 heterocycles. The van der Waals surface area contributed by atoms with Crippen molar-refractivity contribution in [3.63, 3.8) is 0 Å². The maximum Gasteiger partial charge on any atom is 0.0435 e. The van der Waals surface area contributed by atoms with Gasteiger partial charge in [-0.2, -0.15) is 0 Å². The first kappa shape index (κ1) is 13.4. The molecule has 0 nitrogen and oxygen atoms in total. The molecule has 0 bridgehead atoms. The van der Waals surface area contributed by atoms with Crippen LogP contribution in [0.1, 0.15) is 50.7 Å². The maximum atomic E-state index is 6.09. The Kier molecular flexibility index (Phi) is 3.97. The second-order valence-corrected chi connectivity index (χ2v) is 5.82. The molecule has 1 atom stereocenters. The van der Waals surface area contributed by atoms with Crippen LogP contribution in [0.25, 0.3) is 0 Å². The van der Waals surface area contributed by atoms with Crippen molar-refractivity contribution >= 4 is 11.6 Å². The quantitative estimate of drug-likeness (QED) is 0.630. The number of rotatable bonds is 2. The molecule has 1 unspecified atom stereocenters. The lowest BCUT2D eigenvalue weighted by Gasteiger charge is -2.22. The first-order valence-electron chi connectivity index (χ1n) is 6.62. The van der Waals surface area contributed by atoms with Gasteiger partial charge in [0, 0.05) is 10.9 Å². The van der Waals surface area contributed by atoms with E-state index < -0.39 is 0 Å². The fourth-order valence-corrected chi connectivity index (χ4v) is 2.61. The second-order valence-electron chi connectivity index (χ2n) is 5.41. The Morgan fingerprint density at radius 1 is 1.11 bits per heavy atom. The molecule has 1 aromatic rings. The Hall–Kier alpha value is -1.01. The van der Waals surface area contributed by atoms with Crippen molar-refractivity contribution in [3.05, 3.63) is 57.1 Å². The summed E-state index contributed by atoms with van der Waals surface area (Å²) in [5.74, 6) is 0.490. The van der Waals surface area contributed by atoms with E-state index in [0.717, 1.165) is 5.02 Å². The number of hydrogen-bond donors (Lipinski definition) is 0. The number of allylic oxidation sites excluding steroid dienone is 4. The highest BCUT2D eigenvalue weighted by atomic mass is 35.5. The molecule has 0 spiro atoms. The monoisotopic (exact) mass is 260 g/mol. The molecular formula is C17H21Cl. The summed E-state index contributed by atoms with van der Waals surface area (Å²) in [5, 5.41) is 0.857. The molecule has 0 saturated heterocycles. The lowest BCUT2D eigenvalue weighted by atomic mass is 9.83. The number of benzene rings is 1. The van der Waals surface area contributed by atoms with Crippen molar-refractivity contribution in [3.8, 4) is 0 Å². The van der Waals surface area contributed by atoms with Gasteiger partial charge in [0.15, 0.2) is 0 Å². The maximum absolute atomic E-state index is 6.09. The summed E-state index contributed by atoms with van der Waals surface area (Å²) in [7, 11) is 0. The first-order chi connectivity index (χ1) is 8.49. The van der Waals surface area contributed by atoms with Crippen LogP contribution >= 0.6 is 11.6 Å². The summed E-state index contributed by atoms with van der Waals surface area (Å²) >= 11 is 6.09. The third kappa shape index (κ3) is 2.70. The van der Waals surface area contributed by atoms with Crippen LogP contribution in [0.15, 0.2) is 41.0 Å². The van der Waals surface area contributed by atoms with Crippen LogP contribution in [0.4, 0.5) is 0 Å². The molecule has 2 rings (SSSR count). The minimum absolute atomic E-state index is 0.490. The molecule has 96 valence electrons. The third-order valence-corrected chi connectivity index (χ3v) is 4.53. The summed E-state index contributed by atoms with van der Waals surface area (Å²) in [5.41, 5.74) is 7.04. The van der Waals surface area contributed by atoms with Crippen molar-refractivity contribution in [1.82, 2.24) is 0 Å². The van der Waals surface area contributed by atoms with Crippen LogP contribution in [0.3, 0.4) is 0 Å². The largest absolute Gasteiger partial charge is 0.0841 e. The van der Waals surface area contributed by atoms with Gasteiger partial charge in [-0.05, 0) is 50.8 Å². The SMILES string of the molecule is CC1=C(C)CCC(C(C)c2ccc(Cl)c(C)c2)=C1. The highest BCUT2D eigenvalue weighted by Crippen LogP contribution is 2.34. The molecule has 0 saturated carbocycles. The van der Waals surface area contributed by atoms with Crippen LogP contribution in [0, 0.1) is 6.92 Å². The van der Waals surface area contributed by atoms with Gasteiger partial charge in [0.2, 0.25) is 0 Å². The van der Waals surface area contributed by atoms with Crippen molar-refractivity contribution in [2.75, 3.05) is 0 Å². The van der Waals surface area contributed by atoms with Gasteiger partial charge >= 0.3 is 0 Å². The van der Waals surface area contributed by atoms with Gasteiger partial charge in [0.1, 0.15) is 0 Å². The lowest BCUT2D eigenvalue weighted by molar-refractivity contribution is 0.772. The minimum atomic E-state index is 0.490. The molecule has 1 aliphatic carbocycles. The van der Waals surface area contributed by atoms with E-state index in [4.69, 9.17) is 11.6 Å². The third-order valence-electron chi connectivity index (χ3n) is 4.10. The average Bonchev–Trinajstić information content (AvgIpc) is 2.35. The van der Waals surface area contributed by atoms with E-state index in [1.807, 2.05) is 6.07 Å². The Labute approximate surface area is 115 Å². The summed E-state index contributed by atoms with van der Waals surface area (Å²) < 4.78 is 0. The van der Waals surface area contributed by atoms with Gasteiger partial charge in [-0.1, -0.05) is 53.5 Å². The van der Waals surface area contributed by atoms with Crippen molar-refractivity contribution in [2.24, 2.45) is 0 Å². The van der Waals surface area contributed by atoms with Crippen LogP contribution in [-0.2, 0) is 0 Å². The lowest BCUT2D eigenvalue weighted by Crippen LogP contribution is -2.03. The Balaban J connectivity index is 2.29. The van der Waals surface area contributed by atoms with Gasteiger partial charge in [0.25, 0.3) is 0 Å². The molecule has 1 aromatic carbocycles. The fourth-order valence-electron chi connectivity index (χ4n) is 2.50. The second kappa shape index (κ2) is 5.32. The summed E-state index contributed by atoms with van der Waals surface area (Å²) in [4.78, 5) is 0. The van der Waals surface area contributed by atoms with Gasteiger partial charge in [-0.15, -0.1) is 0 Å². The van der Waals surface area contributed by atoms with Crippen molar-refractivity contribution in [1.29, 1.82) is 0 Å². The highest BCUT2D eigenvalue weighted by molar-refractivity contribution is 6.31. The van der Waals surface area contributed by atoms with Gasteiger partial charge in [-0.3, -0.25) is 0 Å². The van der Waals surface area contributed by atoms with E-state index in [1.54, 1.807) is 5.57 Å². The van der Waals surface area contributed by atoms with E-state index in [2.05, 4.69) is 45.9 Å². The molecule has 0 N–H and O–H groups in total. The van der Waals surface area contributed by atoms with Gasteiger partial charge < -0.3 is 0 Å². The van der Waals surface area contributed by atoms with Crippen molar-refractivity contribution < 1.29 is 0 Å². The van der Waals surface area contributed by atoms with E-state index in [9.17, 15) is 0 Å². The number of hydrogen-bond acceptors (Lipinski definition) is 0. The average molecular weight is 261 g/mol. The van der Waals surface area contributed by atoms with Crippen LogP contribution < -0.4 is 0 Å². The first-order valence-corrected chi connectivity index (χ1v) is 6.99. The fraction of sp³-hybridized carbons (Fsp3) is 0.412. The Bertz CT molecular complexity index is 520. The minimum Gasteiger partial charge on any atom is -0.0841 e. The number of halogens is 1. The molecule has 0 fully saturated rings. The van der Waals surface area contributed by atoms with Gasteiger partial charge in [-0.25, -0.2) is 0 Å². The molecule has 0 aliphatic heterocycles. The molecular weight excluding hydrogens is 240 g/mol. The standard InChI is InChI=1S/C17H21Cl/c1-11-5-6-15(9-12(11)2)14(4)16-7-8-17(18)13(3)10-16/h7-10,14H,5-6H2,1-4H3. The molecule has 0 radical (unpaired) electrons. The highest BCUT2D eigenvalue weighted by Gasteiger charge is 2.15. The Morgan fingerprint density at radius 2 is 1.83 bits per heavy atom. The molecule has 0 amide bonds. The zero-order valence-electron chi connectivity index (χ0n) is 11.7.